The van der Waals surface area contributed by atoms with Crippen molar-refractivity contribution < 1.29 is 17.6 Å². The van der Waals surface area contributed by atoms with Gasteiger partial charge in [0.25, 0.3) is 0 Å². The number of halogens is 4. The quantitative estimate of drug-likeness (QED) is 0.884. The zero-order valence-electron chi connectivity index (χ0n) is 10.4. The van der Waals surface area contributed by atoms with Gasteiger partial charge >= 0.3 is 6.18 Å². The standard InChI is InChI=1S/C13H8F4N4/c14-10-5-8(6-18)1-2-9(10)7-19-12-4-3-11(20-21-12)13(15,16)17/h1-5H,7H2,(H,19,21). The highest BCUT2D eigenvalue weighted by molar-refractivity contribution is 5.37. The summed E-state index contributed by atoms with van der Waals surface area (Å²) >= 11 is 0. The number of nitriles is 1. The van der Waals surface area contributed by atoms with Crippen molar-refractivity contribution in [2.24, 2.45) is 0 Å². The molecule has 1 N–H and O–H groups in total. The molecule has 2 rings (SSSR count). The number of anilines is 1. The number of hydrogen-bond acceptors (Lipinski definition) is 4. The molecule has 1 heterocycles. The first-order chi connectivity index (χ1) is 9.90. The smallest absolute Gasteiger partial charge is 0.364 e. The second kappa shape index (κ2) is 5.75. The van der Waals surface area contributed by atoms with E-state index in [0.29, 0.717) is 0 Å². The van der Waals surface area contributed by atoms with Gasteiger partial charge in [0.05, 0.1) is 11.6 Å². The third-order valence-corrected chi connectivity index (χ3v) is 2.60. The Kier molecular flexibility index (Phi) is 4.03. The van der Waals surface area contributed by atoms with Crippen LogP contribution in [0.4, 0.5) is 23.4 Å². The summed E-state index contributed by atoms with van der Waals surface area (Å²) < 4.78 is 50.5. The Morgan fingerprint density at radius 2 is 1.90 bits per heavy atom. The molecule has 4 nitrogen and oxygen atoms in total. The van der Waals surface area contributed by atoms with Gasteiger partial charge in [-0.3, -0.25) is 0 Å². The molecule has 0 unspecified atom stereocenters. The molecule has 0 radical (unpaired) electrons. The molecule has 0 saturated heterocycles. The summed E-state index contributed by atoms with van der Waals surface area (Å²) in [5, 5.41) is 17.7. The van der Waals surface area contributed by atoms with Gasteiger partial charge in [0.2, 0.25) is 0 Å². The Balaban J connectivity index is 2.05. The molecule has 1 aromatic carbocycles. The first-order valence-electron chi connectivity index (χ1n) is 5.73. The van der Waals surface area contributed by atoms with E-state index >= 15 is 0 Å². The Labute approximate surface area is 117 Å². The number of benzene rings is 1. The highest BCUT2D eigenvalue weighted by Gasteiger charge is 2.32. The van der Waals surface area contributed by atoms with Crippen LogP contribution in [-0.4, -0.2) is 10.2 Å². The van der Waals surface area contributed by atoms with Gasteiger partial charge in [0.15, 0.2) is 5.69 Å². The largest absolute Gasteiger partial charge is 0.435 e. The minimum atomic E-state index is -4.55. The molecule has 21 heavy (non-hydrogen) atoms. The third-order valence-electron chi connectivity index (χ3n) is 2.60. The maximum absolute atomic E-state index is 13.6. The van der Waals surface area contributed by atoms with Crippen molar-refractivity contribution in [2.75, 3.05) is 5.32 Å². The number of aromatic nitrogens is 2. The maximum Gasteiger partial charge on any atom is 0.435 e. The molecule has 0 saturated carbocycles. The molecular formula is C13H8F4N4. The average molecular weight is 296 g/mol. The molecule has 0 spiro atoms. The molecule has 108 valence electrons. The topological polar surface area (TPSA) is 61.6 Å². The predicted molar refractivity (Wildman–Crippen MR) is 65.5 cm³/mol. The maximum atomic E-state index is 13.6. The van der Waals surface area contributed by atoms with Crippen molar-refractivity contribution in [1.82, 2.24) is 10.2 Å². The Morgan fingerprint density at radius 3 is 2.43 bits per heavy atom. The van der Waals surface area contributed by atoms with E-state index in [-0.39, 0.29) is 23.5 Å². The molecule has 0 aliphatic rings. The summed E-state index contributed by atoms with van der Waals surface area (Å²) in [5.41, 5.74) is -0.654. The molecule has 0 aliphatic carbocycles. The van der Waals surface area contributed by atoms with Crippen molar-refractivity contribution in [2.45, 2.75) is 12.7 Å². The fourth-order valence-electron chi connectivity index (χ4n) is 1.52. The van der Waals surface area contributed by atoms with Crippen LogP contribution in [0.3, 0.4) is 0 Å². The van der Waals surface area contributed by atoms with Crippen LogP contribution in [0.25, 0.3) is 0 Å². The van der Waals surface area contributed by atoms with E-state index in [4.69, 9.17) is 5.26 Å². The van der Waals surface area contributed by atoms with Crippen LogP contribution in [0.15, 0.2) is 30.3 Å². The van der Waals surface area contributed by atoms with Crippen LogP contribution in [-0.2, 0) is 12.7 Å². The monoisotopic (exact) mass is 296 g/mol. The van der Waals surface area contributed by atoms with E-state index in [1.807, 2.05) is 0 Å². The summed E-state index contributed by atoms with van der Waals surface area (Å²) in [5.74, 6) is -0.492. The van der Waals surface area contributed by atoms with Gasteiger partial charge in [-0.15, -0.1) is 10.2 Å². The molecule has 2 aromatic rings. The normalized spacial score (nSPS) is 11.0. The third kappa shape index (κ3) is 3.66. The summed E-state index contributed by atoms with van der Waals surface area (Å²) in [6, 6.07) is 7.63. The SMILES string of the molecule is N#Cc1ccc(CNc2ccc(C(F)(F)F)nn2)c(F)c1. The van der Waals surface area contributed by atoms with Gasteiger partial charge in [-0.2, -0.15) is 18.4 Å². The van der Waals surface area contributed by atoms with Gasteiger partial charge < -0.3 is 5.32 Å². The summed E-state index contributed by atoms with van der Waals surface area (Å²) in [6.07, 6.45) is -4.55. The number of nitrogens with one attached hydrogen (secondary N) is 1. The van der Waals surface area contributed by atoms with E-state index in [9.17, 15) is 17.6 Å². The number of rotatable bonds is 3. The second-order valence-corrected chi connectivity index (χ2v) is 4.07. The molecule has 0 amide bonds. The minimum Gasteiger partial charge on any atom is -0.364 e. The summed E-state index contributed by atoms with van der Waals surface area (Å²) in [4.78, 5) is 0. The van der Waals surface area contributed by atoms with Crippen molar-refractivity contribution in [3.63, 3.8) is 0 Å². The van der Waals surface area contributed by atoms with Crippen molar-refractivity contribution in [1.29, 1.82) is 5.26 Å². The molecular weight excluding hydrogens is 288 g/mol. The fourth-order valence-corrected chi connectivity index (χ4v) is 1.52. The lowest BCUT2D eigenvalue weighted by molar-refractivity contribution is -0.141. The molecule has 0 atom stereocenters. The average Bonchev–Trinajstić information content (AvgIpc) is 2.45. The summed E-state index contributed by atoms with van der Waals surface area (Å²) in [6.45, 7) is 0.0115. The van der Waals surface area contributed by atoms with Crippen LogP contribution < -0.4 is 5.32 Å². The van der Waals surface area contributed by atoms with Gasteiger partial charge in [0, 0.05) is 12.1 Å². The van der Waals surface area contributed by atoms with E-state index in [1.165, 1.54) is 12.1 Å². The fraction of sp³-hybridized carbons (Fsp3) is 0.154. The van der Waals surface area contributed by atoms with Gasteiger partial charge in [-0.1, -0.05) is 6.07 Å². The van der Waals surface area contributed by atoms with Crippen LogP contribution in [0.1, 0.15) is 16.8 Å². The minimum absolute atomic E-state index is 0.0115. The molecule has 0 fully saturated rings. The summed E-state index contributed by atoms with van der Waals surface area (Å²) in [7, 11) is 0. The van der Waals surface area contributed by atoms with E-state index < -0.39 is 17.7 Å². The molecule has 1 aromatic heterocycles. The highest BCUT2D eigenvalue weighted by atomic mass is 19.4. The highest BCUT2D eigenvalue weighted by Crippen LogP contribution is 2.27. The first-order valence-corrected chi connectivity index (χ1v) is 5.73. The lowest BCUT2D eigenvalue weighted by Crippen LogP contribution is -2.10. The van der Waals surface area contributed by atoms with Gasteiger partial charge in [0.1, 0.15) is 11.6 Å². The lowest BCUT2D eigenvalue weighted by Gasteiger charge is -2.08. The van der Waals surface area contributed by atoms with Gasteiger partial charge in [-0.05, 0) is 24.3 Å². The van der Waals surface area contributed by atoms with Crippen LogP contribution in [0.2, 0.25) is 0 Å². The van der Waals surface area contributed by atoms with Gasteiger partial charge in [-0.25, -0.2) is 4.39 Å². The molecule has 8 heteroatoms. The van der Waals surface area contributed by atoms with E-state index in [1.54, 1.807) is 6.07 Å². The van der Waals surface area contributed by atoms with E-state index in [0.717, 1.165) is 18.2 Å². The van der Waals surface area contributed by atoms with Crippen LogP contribution >= 0.6 is 0 Å². The van der Waals surface area contributed by atoms with E-state index in [2.05, 4.69) is 15.5 Å². The number of nitrogens with zero attached hydrogens (tertiary/aromatic N) is 3. The molecule has 0 aliphatic heterocycles. The second-order valence-electron chi connectivity index (χ2n) is 4.07. The first kappa shape index (κ1) is 14.7. The number of alkyl halides is 3. The van der Waals surface area contributed by atoms with Crippen molar-refractivity contribution in [3.05, 3.63) is 53.0 Å². The molecule has 0 bridgehead atoms. The predicted octanol–water partition coefficient (Wildman–Crippen LogP) is 3.12. The Bertz CT molecular complexity index is 674. The van der Waals surface area contributed by atoms with Crippen LogP contribution in [0, 0.1) is 17.1 Å². The Morgan fingerprint density at radius 1 is 1.14 bits per heavy atom. The zero-order valence-corrected chi connectivity index (χ0v) is 10.4. The zero-order chi connectivity index (χ0) is 15.5. The van der Waals surface area contributed by atoms with Crippen LogP contribution in [0.5, 0.6) is 0 Å². The lowest BCUT2D eigenvalue weighted by atomic mass is 10.1. The van der Waals surface area contributed by atoms with Crippen molar-refractivity contribution >= 4 is 5.82 Å². The number of hydrogen-bond donors (Lipinski definition) is 1. The Hall–Kier alpha value is -2.69. The van der Waals surface area contributed by atoms with Crippen molar-refractivity contribution in [3.8, 4) is 6.07 Å².